The largest absolute Gasteiger partial charge is 0.494 e. The molecule has 30 heavy (non-hydrogen) atoms. The molecule has 0 heterocycles. The standard InChI is InChI=1S/C24H34N2O4/c1-3-5-6-7-16-29-22-12-8-20(9-13-22)25-19-24(27)26-21-10-14-23(15-11-21)30-18-17-28-4-2/h8-15,25H,3-7,16-19H2,1-2H3,(H,26,27). The first kappa shape index (κ1) is 23.5. The predicted octanol–water partition coefficient (Wildman–Crippen LogP) is 5.11. The lowest BCUT2D eigenvalue weighted by molar-refractivity contribution is -0.114. The summed E-state index contributed by atoms with van der Waals surface area (Å²) in [4.78, 5) is 12.2. The van der Waals surface area contributed by atoms with Crippen LogP contribution in [0.5, 0.6) is 11.5 Å². The molecule has 0 aliphatic rings. The molecule has 2 aromatic carbocycles. The van der Waals surface area contributed by atoms with E-state index in [0.29, 0.717) is 19.8 Å². The monoisotopic (exact) mass is 414 g/mol. The smallest absolute Gasteiger partial charge is 0.243 e. The molecule has 6 nitrogen and oxygen atoms in total. The van der Waals surface area contributed by atoms with E-state index in [9.17, 15) is 4.79 Å². The highest BCUT2D eigenvalue weighted by Gasteiger charge is 2.03. The number of benzene rings is 2. The third-order valence-corrected chi connectivity index (χ3v) is 4.41. The Hall–Kier alpha value is -2.73. The summed E-state index contributed by atoms with van der Waals surface area (Å²) < 4.78 is 16.5. The van der Waals surface area contributed by atoms with Gasteiger partial charge in [-0.05, 0) is 61.9 Å². The van der Waals surface area contributed by atoms with Crippen LogP contribution < -0.4 is 20.1 Å². The fourth-order valence-corrected chi connectivity index (χ4v) is 2.77. The first-order valence-electron chi connectivity index (χ1n) is 10.8. The quantitative estimate of drug-likeness (QED) is 0.396. The number of unbranched alkanes of at least 4 members (excludes halogenated alkanes) is 3. The van der Waals surface area contributed by atoms with Crippen molar-refractivity contribution in [1.82, 2.24) is 0 Å². The van der Waals surface area contributed by atoms with Crippen LogP contribution in [0.1, 0.15) is 39.5 Å². The van der Waals surface area contributed by atoms with Crippen LogP contribution in [0.4, 0.5) is 11.4 Å². The zero-order valence-electron chi connectivity index (χ0n) is 18.1. The number of carbonyl (C=O) groups excluding carboxylic acids is 1. The summed E-state index contributed by atoms with van der Waals surface area (Å²) in [6.07, 6.45) is 4.76. The van der Waals surface area contributed by atoms with Crippen LogP contribution in [0.15, 0.2) is 48.5 Å². The highest BCUT2D eigenvalue weighted by atomic mass is 16.5. The molecule has 2 aromatic rings. The van der Waals surface area contributed by atoms with Crippen molar-refractivity contribution in [3.8, 4) is 11.5 Å². The van der Waals surface area contributed by atoms with E-state index in [0.717, 1.165) is 35.9 Å². The average molecular weight is 415 g/mol. The normalized spacial score (nSPS) is 10.5. The van der Waals surface area contributed by atoms with Gasteiger partial charge in [-0.25, -0.2) is 0 Å². The summed E-state index contributed by atoms with van der Waals surface area (Å²) >= 11 is 0. The van der Waals surface area contributed by atoms with Gasteiger partial charge in [0.2, 0.25) is 5.91 Å². The third-order valence-electron chi connectivity index (χ3n) is 4.41. The fourth-order valence-electron chi connectivity index (χ4n) is 2.77. The first-order chi connectivity index (χ1) is 14.7. The molecule has 0 aliphatic carbocycles. The average Bonchev–Trinajstić information content (AvgIpc) is 2.77. The summed E-state index contributed by atoms with van der Waals surface area (Å²) in [6, 6.07) is 15.0. The maximum absolute atomic E-state index is 12.2. The minimum atomic E-state index is -0.115. The van der Waals surface area contributed by atoms with Crippen molar-refractivity contribution in [3.05, 3.63) is 48.5 Å². The minimum absolute atomic E-state index is 0.115. The number of hydrogen-bond donors (Lipinski definition) is 2. The van der Waals surface area contributed by atoms with Gasteiger partial charge in [0.15, 0.2) is 0 Å². The molecule has 0 radical (unpaired) electrons. The lowest BCUT2D eigenvalue weighted by atomic mass is 10.2. The van der Waals surface area contributed by atoms with E-state index < -0.39 is 0 Å². The summed E-state index contributed by atoms with van der Waals surface area (Å²) in [5.74, 6) is 1.49. The minimum Gasteiger partial charge on any atom is -0.494 e. The molecule has 0 aliphatic heterocycles. The van der Waals surface area contributed by atoms with Crippen LogP contribution in [-0.2, 0) is 9.53 Å². The molecular weight excluding hydrogens is 380 g/mol. The molecule has 0 atom stereocenters. The van der Waals surface area contributed by atoms with Gasteiger partial charge < -0.3 is 24.8 Å². The van der Waals surface area contributed by atoms with Crippen molar-refractivity contribution in [2.24, 2.45) is 0 Å². The number of carbonyl (C=O) groups is 1. The second kappa shape index (κ2) is 14.3. The van der Waals surface area contributed by atoms with E-state index in [1.807, 2.05) is 55.5 Å². The van der Waals surface area contributed by atoms with Gasteiger partial charge >= 0.3 is 0 Å². The highest BCUT2D eigenvalue weighted by molar-refractivity contribution is 5.93. The number of hydrogen-bond acceptors (Lipinski definition) is 5. The Bertz CT molecular complexity index is 717. The SMILES string of the molecule is CCCCCCOc1ccc(NCC(=O)Nc2ccc(OCCOCC)cc2)cc1. The number of anilines is 2. The number of amides is 1. The second-order valence-corrected chi connectivity index (χ2v) is 6.90. The van der Waals surface area contributed by atoms with Crippen LogP contribution in [0, 0.1) is 0 Å². The molecule has 0 saturated carbocycles. The van der Waals surface area contributed by atoms with E-state index in [2.05, 4.69) is 17.6 Å². The molecule has 0 spiro atoms. The Labute approximate surface area is 179 Å². The van der Waals surface area contributed by atoms with Gasteiger partial charge in [-0.2, -0.15) is 0 Å². The van der Waals surface area contributed by atoms with Crippen LogP contribution >= 0.6 is 0 Å². The maximum atomic E-state index is 12.2. The molecule has 0 unspecified atom stereocenters. The van der Waals surface area contributed by atoms with Crippen molar-refractivity contribution in [2.75, 3.05) is 43.6 Å². The van der Waals surface area contributed by atoms with Crippen molar-refractivity contribution in [2.45, 2.75) is 39.5 Å². The highest BCUT2D eigenvalue weighted by Crippen LogP contribution is 2.17. The number of nitrogens with one attached hydrogen (secondary N) is 2. The topological polar surface area (TPSA) is 68.8 Å². The van der Waals surface area contributed by atoms with Crippen LogP contribution in [0.3, 0.4) is 0 Å². The van der Waals surface area contributed by atoms with E-state index >= 15 is 0 Å². The molecule has 6 heteroatoms. The fraction of sp³-hybridized carbons (Fsp3) is 0.458. The number of rotatable bonds is 15. The molecule has 2 rings (SSSR count). The van der Waals surface area contributed by atoms with E-state index in [1.165, 1.54) is 19.3 Å². The van der Waals surface area contributed by atoms with E-state index in [4.69, 9.17) is 14.2 Å². The molecule has 0 aromatic heterocycles. The molecular formula is C24H34N2O4. The van der Waals surface area contributed by atoms with Gasteiger partial charge in [-0.1, -0.05) is 26.2 Å². The lowest BCUT2D eigenvalue weighted by Crippen LogP contribution is -2.21. The second-order valence-electron chi connectivity index (χ2n) is 6.90. The zero-order chi connectivity index (χ0) is 21.4. The van der Waals surface area contributed by atoms with Crippen molar-refractivity contribution in [3.63, 3.8) is 0 Å². The van der Waals surface area contributed by atoms with Gasteiger partial charge in [-0.15, -0.1) is 0 Å². The Balaban J connectivity index is 1.66. The van der Waals surface area contributed by atoms with Crippen molar-refractivity contribution < 1.29 is 19.0 Å². The zero-order valence-corrected chi connectivity index (χ0v) is 18.1. The Morgan fingerprint density at radius 2 is 1.40 bits per heavy atom. The predicted molar refractivity (Wildman–Crippen MR) is 122 cm³/mol. The first-order valence-corrected chi connectivity index (χ1v) is 10.8. The number of ether oxygens (including phenoxy) is 3. The van der Waals surface area contributed by atoms with Crippen LogP contribution in [-0.4, -0.2) is 38.9 Å². The van der Waals surface area contributed by atoms with Gasteiger partial charge in [0.25, 0.3) is 0 Å². The Kier molecular flexibility index (Phi) is 11.2. The van der Waals surface area contributed by atoms with Crippen molar-refractivity contribution in [1.29, 1.82) is 0 Å². The summed E-state index contributed by atoms with van der Waals surface area (Å²) in [5.41, 5.74) is 1.60. The Morgan fingerprint density at radius 1 is 0.767 bits per heavy atom. The molecule has 2 N–H and O–H groups in total. The molecule has 0 bridgehead atoms. The molecule has 164 valence electrons. The van der Waals surface area contributed by atoms with E-state index in [-0.39, 0.29) is 12.5 Å². The molecule has 1 amide bonds. The lowest BCUT2D eigenvalue weighted by Gasteiger charge is -2.10. The van der Waals surface area contributed by atoms with Gasteiger partial charge in [-0.3, -0.25) is 4.79 Å². The third kappa shape index (κ3) is 9.65. The Morgan fingerprint density at radius 3 is 2.03 bits per heavy atom. The van der Waals surface area contributed by atoms with Gasteiger partial charge in [0, 0.05) is 18.0 Å². The summed E-state index contributed by atoms with van der Waals surface area (Å²) in [6.45, 7) is 6.82. The van der Waals surface area contributed by atoms with Gasteiger partial charge in [0.05, 0.1) is 19.8 Å². The van der Waals surface area contributed by atoms with Gasteiger partial charge in [0.1, 0.15) is 18.1 Å². The van der Waals surface area contributed by atoms with Crippen LogP contribution in [0.25, 0.3) is 0 Å². The van der Waals surface area contributed by atoms with Crippen molar-refractivity contribution >= 4 is 17.3 Å². The summed E-state index contributed by atoms with van der Waals surface area (Å²) in [7, 11) is 0. The summed E-state index contributed by atoms with van der Waals surface area (Å²) in [5, 5.41) is 5.99. The van der Waals surface area contributed by atoms with E-state index in [1.54, 1.807) is 0 Å². The maximum Gasteiger partial charge on any atom is 0.243 e. The van der Waals surface area contributed by atoms with Crippen LogP contribution in [0.2, 0.25) is 0 Å². The molecule has 0 fully saturated rings. The molecule has 0 saturated heterocycles.